The van der Waals surface area contributed by atoms with Gasteiger partial charge in [0.05, 0.1) is 0 Å². The van der Waals surface area contributed by atoms with Gasteiger partial charge in [0.1, 0.15) is 12.4 Å². The molecule has 67 valence electrons. The molecule has 1 aromatic carbocycles. The van der Waals surface area contributed by atoms with Crippen LogP contribution in [0.2, 0.25) is 0 Å². The predicted octanol–water partition coefficient (Wildman–Crippen LogP) is 2.09. The molecule has 0 saturated heterocycles. The number of para-hydroxylation sites is 1. The minimum absolute atomic E-state index is 0. The van der Waals surface area contributed by atoms with Crippen LogP contribution in [0.25, 0.3) is 6.08 Å². The number of fused-ring (bicyclic) bond motifs is 1. The van der Waals surface area contributed by atoms with Crippen LogP contribution < -0.4 is 4.74 Å². The molecule has 1 aliphatic rings. The molecule has 0 amide bonds. The first-order valence-corrected chi connectivity index (χ1v) is 3.35. The average Bonchev–Trinajstić information content (AvgIpc) is 2.05. The van der Waals surface area contributed by atoms with Gasteiger partial charge in [-0.1, -0.05) is 24.3 Å². The molecule has 0 N–H and O–H groups in total. The molecule has 0 spiro atoms. The molecule has 0 unspecified atom stereocenters. The first-order chi connectivity index (χ1) is 4.97. The first kappa shape index (κ1) is 12.0. The molecule has 12 heavy (non-hydrogen) atoms. The number of ether oxygens (including phenoxy) is 1. The van der Waals surface area contributed by atoms with Crippen LogP contribution in [0.3, 0.4) is 0 Å². The Morgan fingerprint density at radius 3 is 2.67 bits per heavy atom. The van der Waals surface area contributed by atoms with Gasteiger partial charge in [-0.2, -0.15) is 0 Å². The van der Waals surface area contributed by atoms with Crippen molar-refractivity contribution in [3.63, 3.8) is 0 Å². The van der Waals surface area contributed by atoms with Gasteiger partial charge in [0.15, 0.2) is 0 Å². The van der Waals surface area contributed by atoms with Gasteiger partial charge in [0.25, 0.3) is 0 Å². The normalized spacial score (nSPS) is 11.7. The Hall–Kier alpha value is -0.0322. The van der Waals surface area contributed by atoms with E-state index in [9.17, 15) is 0 Å². The zero-order valence-electron chi connectivity index (χ0n) is 6.27. The standard InChI is InChI=1S/C9H8O.Mn.Pt/c1-2-6-9-8(4-1)5-3-7-10-9;;/h1-6H,7H2;;. The molecule has 0 aromatic heterocycles. The third-order valence-electron chi connectivity index (χ3n) is 1.55. The number of rotatable bonds is 0. The smallest absolute Gasteiger partial charge is 0.126 e. The Morgan fingerprint density at radius 1 is 1.17 bits per heavy atom. The summed E-state index contributed by atoms with van der Waals surface area (Å²) >= 11 is 0. The fraction of sp³-hybridized carbons (Fsp3) is 0.111. The Labute approximate surface area is 96.9 Å². The van der Waals surface area contributed by atoms with Crippen molar-refractivity contribution in [2.24, 2.45) is 0 Å². The molecule has 1 nitrogen and oxygen atoms in total. The summed E-state index contributed by atoms with van der Waals surface area (Å²) in [5.74, 6) is 0.991. The molecule has 3 heteroatoms. The minimum Gasteiger partial charge on any atom is -0.489 e. The third kappa shape index (κ3) is 2.48. The van der Waals surface area contributed by atoms with E-state index >= 15 is 0 Å². The van der Waals surface area contributed by atoms with Crippen LogP contribution in [0.5, 0.6) is 5.75 Å². The summed E-state index contributed by atoms with van der Waals surface area (Å²) in [5, 5.41) is 0. The van der Waals surface area contributed by atoms with E-state index in [1.165, 1.54) is 5.56 Å². The molecule has 1 radical (unpaired) electrons. The molecule has 0 aliphatic carbocycles. The van der Waals surface area contributed by atoms with Gasteiger partial charge in [-0.15, -0.1) is 0 Å². The van der Waals surface area contributed by atoms with Gasteiger partial charge >= 0.3 is 0 Å². The van der Waals surface area contributed by atoms with Crippen molar-refractivity contribution in [2.75, 3.05) is 6.61 Å². The molecule has 0 fully saturated rings. The van der Waals surface area contributed by atoms with Crippen molar-refractivity contribution in [3.8, 4) is 5.75 Å². The first-order valence-electron chi connectivity index (χ1n) is 3.35. The molecule has 0 bridgehead atoms. The maximum Gasteiger partial charge on any atom is 0.126 e. The van der Waals surface area contributed by atoms with Crippen molar-refractivity contribution in [1.82, 2.24) is 0 Å². The second-order valence-corrected chi connectivity index (χ2v) is 2.25. The van der Waals surface area contributed by atoms with E-state index in [1.54, 1.807) is 0 Å². The van der Waals surface area contributed by atoms with Crippen LogP contribution in [0, 0.1) is 0 Å². The molecular weight excluding hydrogens is 374 g/mol. The second kappa shape index (κ2) is 5.59. The van der Waals surface area contributed by atoms with E-state index in [-0.39, 0.29) is 38.1 Å². The average molecular weight is 382 g/mol. The fourth-order valence-corrected chi connectivity index (χ4v) is 1.06. The van der Waals surface area contributed by atoms with Crippen molar-refractivity contribution >= 4 is 6.08 Å². The summed E-state index contributed by atoms with van der Waals surface area (Å²) in [4.78, 5) is 0. The number of hydrogen-bond acceptors (Lipinski definition) is 1. The van der Waals surface area contributed by atoms with Crippen molar-refractivity contribution < 1.29 is 42.9 Å². The third-order valence-corrected chi connectivity index (χ3v) is 1.55. The summed E-state index contributed by atoms with van der Waals surface area (Å²) < 4.78 is 5.34. The van der Waals surface area contributed by atoms with Crippen LogP contribution in [-0.2, 0) is 38.1 Å². The summed E-state index contributed by atoms with van der Waals surface area (Å²) in [6.07, 6.45) is 4.10. The van der Waals surface area contributed by atoms with Crippen molar-refractivity contribution in [1.29, 1.82) is 0 Å². The molecule has 0 saturated carbocycles. The van der Waals surface area contributed by atoms with E-state index in [4.69, 9.17) is 4.74 Å². The topological polar surface area (TPSA) is 9.23 Å². The Morgan fingerprint density at radius 2 is 1.92 bits per heavy atom. The van der Waals surface area contributed by atoms with Crippen molar-refractivity contribution in [3.05, 3.63) is 35.9 Å². The predicted molar refractivity (Wildman–Crippen MR) is 41.0 cm³/mol. The molecule has 0 atom stereocenters. The van der Waals surface area contributed by atoms with Gasteiger partial charge in [-0.25, -0.2) is 0 Å². The zero-order chi connectivity index (χ0) is 6.81. The maximum atomic E-state index is 5.34. The fourth-order valence-electron chi connectivity index (χ4n) is 1.06. The van der Waals surface area contributed by atoms with E-state index in [1.807, 2.05) is 30.3 Å². The Kier molecular flexibility index (Phi) is 5.57. The summed E-state index contributed by atoms with van der Waals surface area (Å²) in [7, 11) is 0. The van der Waals surface area contributed by atoms with Gasteiger partial charge < -0.3 is 4.74 Å². The van der Waals surface area contributed by atoms with Crippen LogP contribution >= 0.6 is 0 Å². The molecule has 1 aromatic rings. The zero-order valence-corrected chi connectivity index (χ0v) is 9.73. The SMILES string of the molecule is C1=Cc2ccccc2OC1.[Mn].[Pt]. The minimum atomic E-state index is 0. The number of benzene rings is 1. The van der Waals surface area contributed by atoms with Crippen molar-refractivity contribution in [2.45, 2.75) is 0 Å². The van der Waals surface area contributed by atoms with Crippen LogP contribution in [0.15, 0.2) is 30.3 Å². The van der Waals surface area contributed by atoms with Gasteiger partial charge in [0.2, 0.25) is 0 Å². The van der Waals surface area contributed by atoms with Gasteiger partial charge in [0, 0.05) is 43.7 Å². The molecule has 2 rings (SSSR count). The molecular formula is C9H8MnOPt. The van der Waals surface area contributed by atoms with Gasteiger partial charge in [-0.3, -0.25) is 0 Å². The van der Waals surface area contributed by atoms with E-state index in [0.717, 1.165) is 5.75 Å². The van der Waals surface area contributed by atoms with E-state index < -0.39 is 0 Å². The van der Waals surface area contributed by atoms with E-state index in [2.05, 4.69) is 6.08 Å². The Bertz CT molecular complexity index is 273. The van der Waals surface area contributed by atoms with Crippen LogP contribution in [0.4, 0.5) is 0 Å². The Balaban J connectivity index is 0.000000605. The summed E-state index contributed by atoms with van der Waals surface area (Å²) in [6.45, 7) is 0.705. The van der Waals surface area contributed by atoms with E-state index in [0.29, 0.717) is 6.61 Å². The number of hydrogen-bond donors (Lipinski definition) is 0. The monoisotopic (exact) mass is 382 g/mol. The van der Waals surface area contributed by atoms with Crippen LogP contribution in [0.1, 0.15) is 5.56 Å². The quantitative estimate of drug-likeness (QED) is 0.625. The maximum absolute atomic E-state index is 5.34. The largest absolute Gasteiger partial charge is 0.489 e. The van der Waals surface area contributed by atoms with Crippen LogP contribution in [-0.4, -0.2) is 6.61 Å². The van der Waals surface area contributed by atoms with Gasteiger partial charge in [-0.05, 0) is 12.1 Å². The molecule has 1 aliphatic heterocycles. The second-order valence-electron chi connectivity index (χ2n) is 2.25. The summed E-state index contributed by atoms with van der Waals surface area (Å²) in [6, 6.07) is 8.03. The molecule has 1 heterocycles. The summed E-state index contributed by atoms with van der Waals surface area (Å²) in [5.41, 5.74) is 1.17.